The predicted octanol–water partition coefficient (Wildman–Crippen LogP) is 2.72. The number of urea groups is 1. The van der Waals surface area contributed by atoms with Crippen LogP contribution in [-0.4, -0.2) is 67.1 Å². The fraction of sp³-hybridized carbons (Fsp3) is 0.778. The molecule has 1 aromatic heterocycles. The Morgan fingerprint density at radius 2 is 1.86 bits per heavy atom. The topological polar surface area (TPSA) is 112 Å². The quantitative estimate of drug-likeness (QED) is 0.769. The third kappa shape index (κ3) is 3.30. The first-order valence-corrected chi connectivity index (χ1v) is 9.75. The highest BCUT2D eigenvalue weighted by molar-refractivity contribution is 5.76. The summed E-state index contributed by atoms with van der Waals surface area (Å²) >= 11 is 0. The zero-order valence-corrected chi connectivity index (χ0v) is 16.7. The van der Waals surface area contributed by atoms with Gasteiger partial charge >= 0.3 is 12.1 Å². The van der Waals surface area contributed by atoms with Crippen LogP contribution in [-0.2, 0) is 4.74 Å². The number of aromatic nitrogens is 2. The molecule has 1 N–H and O–H groups in total. The summed E-state index contributed by atoms with van der Waals surface area (Å²) in [6.45, 7) is 8.57. The second kappa shape index (κ2) is 6.61. The van der Waals surface area contributed by atoms with Gasteiger partial charge < -0.3 is 14.1 Å². The summed E-state index contributed by atoms with van der Waals surface area (Å²) in [5.74, 6) is 0.993. The maximum Gasteiger partial charge on any atom is 0.410 e. The molecule has 3 aliphatic rings. The second-order valence-corrected chi connectivity index (χ2v) is 8.99. The van der Waals surface area contributed by atoms with E-state index in [9.17, 15) is 14.8 Å². The Morgan fingerprint density at radius 1 is 1.18 bits per heavy atom. The smallest absolute Gasteiger partial charge is 0.410 e. The minimum Gasteiger partial charge on any atom is -0.444 e. The molecule has 4 heterocycles. The molecular formula is C18H27N5O5. The Bertz CT molecular complexity index is 775. The van der Waals surface area contributed by atoms with E-state index in [0.717, 1.165) is 5.06 Å². The van der Waals surface area contributed by atoms with Crippen molar-refractivity contribution in [3.8, 4) is 0 Å². The monoisotopic (exact) mass is 393 g/mol. The Balaban J connectivity index is 1.53. The van der Waals surface area contributed by atoms with Crippen LogP contribution in [0.4, 0.5) is 9.59 Å². The molecule has 0 aromatic carbocycles. The lowest BCUT2D eigenvalue weighted by molar-refractivity contribution is -0.0584. The predicted molar refractivity (Wildman–Crippen MR) is 95.3 cm³/mol. The number of rotatable bonds is 2. The normalized spacial score (nSPS) is 30.3. The summed E-state index contributed by atoms with van der Waals surface area (Å²) < 4.78 is 11.5. The zero-order chi connectivity index (χ0) is 20.2. The van der Waals surface area contributed by atoms with Crippen molar-refractivity contribution in [2.24, 2.45) is 5.92 Å². The first-order valence-electron chi connectivity index (χ1n) is 9.75. The highest BCUT2D eigenvalue weighted by Crippen LogP contribution is 2.40. The molecule has 3 saturated heterocycles. The number of hydrogen-bond acceptors (Lipinski definition) is 7. The van der Waals surface area contributed by atoms with Gasteiger partial charge in [0.2, 0.25) is 11.8 Å². The Kier molecular flexibility index (Phi) is 4.48. The van der Waals surface area contributed by atoms with Gasteiger partial charge in [-0.05, 0) is 46.0 Å². The highest BCUT2D eigenvalue weighted by atomic mass is 16.6. The lowest BCUT2D eigenvalue weighted by Crippen LogP contribution is -2.36. The SMILES string of the molecule is C[C@H]1C[C@@H](c2nnc([C@@H]3CC[C@@H]4CN3C(=O)N4O)o2)N(C(=O)OC(C)(C)C)C1. The van der Waals surface area contributed by atoms with E-state index in [1.54, 1.807) is 9.80 Å². The summed E-state index contributed by atoms with van der Waals surface area (Å²) in [5.41, 5.74) is -0.585. The third-order valence-corrected chi connectivity index (χ3v) is 5.51. The van der Waals surface area contributed by atoms with Gasteiger partial charge in [-0.1, -0.05) is 6.92 Å². The summed E-state index contributed by atoms with van der Waals surface area (Å²) in [6, 6.07) is -1.30. The van der Waals surface area contributed by atoms with Gasteiger partial charge in [0.1, 0.15) is 17.7 Å². The van der Waals surface area contributed by atoms with E-state index in [-0.39, 0.29) is 24.0 Å². The number of amides is 3. The fourth-order valence-corrected chi connectivity index (χ4v) is 4.23. The van der Waals surface area contributed by atoms with Crippen molar-refractivity contribution in [1.82, 2.24) is 25.1 Å². The van der Waals surface area contributed by atoms with Gasteiger partial charge in [0.25, 0.3) is 0 Å². The first-order chi connectivity index (χ1) is 13.1. The van der Waals surface area contributed by atoms with Gasteiger partial charge in [0, 0.05) is 13.1 Å². The van der Waals surface area contributed by atoms with Crippen LogP contribution in [0.3, 0.4) is 0 Å². The van der Waals surface area contributed by atoms with E-state index < -0.39 is 17.7 Å². The van der Waals surface area contributed by atoms with Crippen molar-refractivity contribution in [2.45, 2.75) is 70.7 Å². The lowest BCUT2D eigenvalue weighted by Gasteiger charge is -2.28. The highest BCUT2D eigenvalue weighted by Gasteiger charge is 2.47. The van der Waals surface area contributed by atoms with Crippen molar-refractivity contribution < 1.29 is 24.0 Å². The molecule has 0 radical (unpaired) electrons. The lowest BCUT2D eigenvalue weighted by atomic mass is 10.0. The molecule has 1 aromatic rings. The van der Waals surface area contributed by atoms with Crippen LogP contribution in [0, 0.1) is 5.92 Å². The van der Waals surface area contributed by atoms with Crippen LogP contribution in [0.2, 0.25) is 0 Å². The molecule has 10 nitrogen and oxygen atoms in total. The number of hydroxylamine groups is 2. The molecule has 28 heavy (non-hydrogen) atoms. The first kappa shape index (κ1) is 19.0. The van der Waals surface area contributed by atoms with Gasteiger partial charge in [-0.2, -0.15) is 0 Å². The van der Waals surface area contributed by atoms with Crippen LogP contribution in [0.1, 0.15) is 70.8 Å². The van der Waals surface area contributed by atoms with Gasteiger partial charge in [0.05, 0.1) is 6.04 Å². The number of carbonyl (C=O) groups excluding carboxylic acids is 2. The third-order valence-electron chi connectivity index (χ3n) is 5.51. The number of fused-ring (bicyclic) bond motifs is 2. The molecule has 10 heteroatoms. The van der Waals surface area contributed by atoms with Crippen molar-refractivity contribution in [3.05, 3.63) is 11.8 Å². The van der Waals surface area contributed by atoms with Gasteiger partial charge in [-0.3, -0.25) is 10.1 Å². The molecule has 3 aliphatic heterocycles. The molecule has 154 valence electrons. The van der Waals surface area contributed by atoms with E-state index in [2.05, 4.69) is 17.1 Å². The van der Waals surface area contributed by atoms with E-state index in [1.807, 2.05) is 20.8 Å². The Labute approximate surface area is 163 Å². The number of nitrogens with zero attached hydrogens (tertiary/aromatic N) is 5. The number of piperidine rings is 1. The zero-order valence-electron chi connectivity index (χ0n) is 16.7. The molecule has 2 bridgehead atoms. The van der Waals surface area contributed by atoms with Crippen molar-refractivity contribution in [2.75, 3.05) is 13.1 Å². The molecule has 0 spiro atoms. The average molecular weight is 393 g/mol. The minimum absolute atomic E-state index is 0.176. The van der Waals surface area contributed by atoms with E-state index in [1.165, 1.54) is 0 Å². The summed E-state index contributed by atoms with van der Waals surface area (Å²) in [7, 11) is 0. The fourth-order valence-electron chi connectivity index (χ4n) is 4.23. The van der Waals surface area contributed by atoms with Gasteiger partial charge in [-0.15, -0.1) is 10.2 Å². The molecule has 0 aliphatic carbocycles. The van der Waals surface area contributed by atoms with Crippen molar-refractivity contribution in [3.63, 3.8) is 0 Å². The standard InChI is InChI=1S/C18H27N5O5/c1-10-7-13(22(8-10)17(25)28-18(2,3)4)15-20-19-14(27-15)12-6-5-11-9-21(12)16(24)23(11)26/h10-13,26H,5-9H2,1-4H3/t10-,11+,12-,13-/m0/s1. The van der Waals surface area contributed by atoms with Crippen molar-refractivity contribution >= 4 is 12.1 Å². The Morgan fingerprint density at radius 3 is 2.54 bits per heavy atom. The summed E-state index contributed by atoms with van der Waals surface area (Å²) in [4.78, 5) is 28.0. The van der Waals surface area contributed by atoms with Crippen LogP contribution >= 0.6 is 0 Å². The molecule has 3 amide bonds. The second-order valence-electron chi connectivity index (χ2n) is 8.99. The Hall–Kier alpha value is -2.36. The average Bonchev–Trinajstić information content (AvgIpc) is 3.29. The van der Waals surface area contributed by atoms with E-state index in [0.29, 0.717) is 44.1 Å². The molecule has 0 saturated carbocycles. The molecule has 0 unspecified atom stereocenters. The van der Waals surface area contributed by atoms with Crippen LogP contribution in [0.5, 0.6) is 0 Å². The number of ether oxygens (including phenoxy) is 1. The molecule has 4 atom stereocenters. The number of hydrogen-bond donors (Lipinski definition) is 1. The maximum absolute atomic E-state index is 12.6. The number of likely N-dealkylation sites (tertiary alicyclic amines) is 1. The molecular weight excluding hydrogens is 366 g/mol. The van der Waals surface area contributed by atoms with Crippen LogP contribution in [0.25, 0.3) is 0 Å². The van der Waals surface area contributed by atoms with E-state index >= 15 is 0 Å². The number of carbonyl (C=O) groups is 2. The van der Waals surface area contributed by atoms with Crippen molar-refractivity contribution in [1.29, 1.82) is 0 Å². The summed E-state index contributed by atoms with van der Waals surface area (Å²) in [5, 5.41) is 19.0. The van der Waals surface area contributed by atoms with Crippen LogP contribution in [0.15, 0.2) is 4.42 Å². The van der Waals surface area contributed by atoms with Crippen LogP contribution < -0.4 is 0 Å². The van der Waals surface area contributed by atoms with E-state index in [4.69, 9.17) is 9.15 Å². The molecule has 3 fully saturated rings. The van der Waals surface area contributed by atoms with Gasteiger partial charge in [0.15, 0.2) is 0 Å². The van der Waals surface area contributed by atoms with Gasteiger partial charge in [-0.25, -0.2) is 14.7 Å². The minimum atomic E-state index is -0.585. The maximum atomic E-state index is 12.6. The molecule has 4 rings (SSSR count). The largest absolute Gasteiger partial charge is 0.444 e. The summed E-state index contributed by atoms with van der Waals surface area (Å²) in [6.07, 6.45) is 1.63.